The normalized spacial score (nSPS) is 20.0. The first-order chi connectivity index (χ1) is 10.8. The first-order valence-electron chi connectivity index (χ1n) is 7.87. The van der Waals surface area contributed by atoms with Crippen LogP contribution in [0.25, 0.3) is 11.4 Å². The van der Waals surface area contributed by atoms with Crippen LogP contribution in [0.15, 0.2) is 29.4 Å². The summed E-state index contributed by atoms with van der Waals surface area (Å²) in [5, 5.41) is 10.5. The molecule has 1 saturated carbocycles. The number of benzene rings is 1. The van der Waals surface area contributed by atoms with Crippen LogP contribution in [0.3, 0.4) is 0 Å². The Balaban J connectivity index is 1.60. The zero-order valence-corrected chi connectivity index (χ0v) is 14.0. The fraction of sp³-hybridized carbons (Fsp3) is 0.500. The minimum absolute atomic E-state index is 0.717. The molecular weight excluding hydrogens is 316 g/mol. The Labute approximate surface area is 139 Å². The molecule has 6 heteroatoms. The van der Waals surface area contributed by atoms with Gasteiger partial charge in [-0.2, -0.15) is 0 Å². The smallest absolute Gasteiger partial charge is 0.193 e. The molecule has 0 unspecified atom stereocenters. The molecule has 4 nitrogen and oxygen atoms in total. The van der Waals surface area contributed by atoms with Crippen molar-refractivity contribution in [3.8, 4) is 11.4 Å². The van der Waals surface area contributed by atoms with Gasteiger partial charge in [-0.3, -0.25) is 9.47 Å². The van der Waals surface area contributed by atoms with Crippen molar-refractivity contribution in [3.63, 3.8) is 0 Å². The van der Waals surface area contributed by atoms with Gasteiger partial charge in [0.1, 0.15) is 0 Å². The van der Waals surface area contributed by atoms with Crippen molar-refractivity contribution < 1.29 is 0 Å². The van der Waals surface area contributed by atoms with E-state index in [2.05, 4.69) is 19.7 Å². The van der Waals surface area contributed by atoms with Gasteiger partial charge in [0.15, 0.2) is 11.0 Å². The molecular formula is C16H19ClN4S. The van der Waals surface area contributed by atoms with Crippen LogP contribution in [-0.2, 0) is 6.67 Å². The lowest BCUT2D eigenvalue weighted by Gasteiger charge is -2.36. The highest BCUT2D eigenvalue weighted by Gasteiger charge is 2.28. The Morgan fingerprint density at radius 3 is 2.59 bits per heavy atom. The van der Waals surface area contributed by atoms with Gasteiger partial charge < -0.3 is 0 Å². The third-order valence-electron chi connectivity index (χ3n) is 4.59. The molecule has 0 atom stereocenters. The van der Waals surface area contributed by atoms with Gasteiger partial charge in [0.05, 0.1) is 12.5 Å². The third kappa shape index (κ3) is 2.77. The summed E-state index contributed by atoms with van der Waals surface area (Å²) in [4.78, 5) is 2.58. The maximum Gasteiger partial charge on any atom is 0.193 e. The number of aromatic nitrogens is 3. The molecule has 1 aliphatic heterocycles. The molecule has 2 heterocycles. The predicted octanol–water partition coefficient (Wildman–Crippen LogP) is 4.25. The summed E-state index contributed by atoms with van der Waals surface area (Å²) in [7, 11) is 0. The number of fused-ring (bicyclic) bond motifs is 1. The number of rotatable bonds is 2. The second-order valence-electron chi connectivity index (χ2n) is 6.04. The average Bonchev–Trinajstić information content (AvgIpc) is 2.99. The van der Waals surface area contributed by atoms with Crippen LogP contribution in [0.2, 0.25) is 5.02 Å². The Morgan fingerprint density at radius 1 is 1.05 bits per heavy atom. The monoisotopic (exact) mass is 334 g/mol. The average molecular weight is 335 g/mol. The molecule has 0 N–H and O–H groups in total. The van der Waals surface area contributed by atoms with E-state index < -0.39 is 0 Å². The molecule has 0 spiro atoms. The zero-order valence-electron chi connectivity index (χ0n) is 12.4. The highest BCUT2D eigenvalue weighted by Crippen LogP contribution is 2.33. The largest absolute Gasteiger partial charge is 0.288 e. The minimum Gasteiger partial charge on any atom is -0.288 e. The van der Waals surface area contributed by atoms with Gasteiger partial charge in [-0.15, -0.1) is 10.2 Å². The van der Waals surface area contributed by atoms with Gasteiger partial charge >= 0.3 is 0 Å². The van der Waals surface area contributed by atoms with E-state index in [9.17, 15) is 0 Å². The highest BCUT2D eigenvalue weighted by molar-refractivity contribution is 7.99. The van der Waals surface area contributed by atoms with Crippen molar-refractivity contribution in [2.45, 2.75) is 50.0 Å². The Bertz CT molecular complexity index is 649. The first kappa shape index (κ1) is 14.5. The summed E-state index contributed by atoms with van der Waals surface area (Å²) in [5.41, 5.74) is 1.08. The van der Waals surface area contributed by atoms with Crippen LogP contribution >= 0.6 is 23.4 Å². The van der Waals surface area contributed by atoms with E-state index in [1.54, 1.807) is 11.8 Å². The van der Waals surface area contributed by atoms with Crippen LogP contribution in [0.4, 0.5) is 0 Å². The first-order valence-corrected chi connectivity index (χ1v) is 9.23. The van der Waals surface area contributed by atoms with Gasteiger partial charge in [0.25, 0.3) is 0 Å². The fourth-order valence-electron chi connectivity index (χ4n) is 3.37. The van der Waals surface area contributed by atoms with Crippen LogP contribution in [0.1, 0.15) is 32.1 Å². The Kier molecular flexibility index (Phi) is 4.11. The number of hydrogen-bond acceptors (Lipinski definition) is 4. The molecule has 1 fully saturated rings. The summed E-state index contributed by atoms with van der Waals surface area (Å²) < 4.78 is 2.24. The van der Waals surface area contributed by atoms with E-state index >= 15 is 0 Å². The molecule has 1 aliphatic carbocycles. The van der Waals surface area contributed by atoms with Gasteiger partial charge in [-0.1, -0.05) is 42.6 Å². The second kappa shape index (κ2) is 6.22. The molecule has 1 aromatic carbocycles. The number of thioether (sulfide) groups is 1. The van der Waals surface area contributed by atoms with E-state index in [0.717, 1.165) is 40.2 Å². The molecule has 4 rings (SSSR count). The minimum atomic E-state index is 0.717. The maximum atomic E-state index is 5.99. The molecule has 22 heavy (non-hydrogen) atoms. The maximum absolute atomic E-state index is 5.99. The van der Waals surface area contributed by atoms with Crippen LogP contribution < -0.4 is 0 Å². The predicted molar refractivity (Wildman–Crippen MR) is 89.9 cm³/mol. The van der Waals surface area contributed by atoms with Crippen molar-refractivity contribution in [2.75, 3.05) is 5.88 Å². The molecule has 116 valence electrons. The molecule has 0 radical (unpaired) electrons. The summed E-state index contributed by atoms with van der Waals surface area (Å²) in [5.74, 6) is 1.98. The van der Waals surface area contributed by atoms with E-state index in [1.165, 1.54) is 32.1 Å². The molecule has 1 aromatic heterocycles. The van der Waals surface area contributed by atoms with Crippen LogP contribution in [0, 0.1) is 0 Å². The second-order valence-corrected chi connectivity index (χ2v) is 7.39. The Hall–Kier alpha value is -1.04. The van der Waals surface area contributed by atoms with Gasteiger partial charge in [0.2, 0.25) is 0 Å². The molecule has 0 amide bonds. The fourth-order valence-corrected chi connectivity index (χ4v) is 4.46. The van der Waals surface area contributed by atoms with Crippen LogP contribution in [-0.4, -0.2) is 31.6 Å². The highest BCUT2D eigenvalue weighted by atomic mass is 35.5. The standard InChI is InChI=1S/C16H19ClN4S/c17-13-8-6-12(7-9-13)15-18-19-16-21(15)10-20(11-22-16)14-4-2-1-3-5-14/h6-9,14H,1-5,10-11H2. The van der Waals surface area contributed by atoms with Gasteiger partial charge in [-0.25, -0.2) is 0 Å². The zero-order chi connectivity index (χ0) is 14.9. The van der Waals surface area contributed by atoms with Gasteiger partial charge in [-0.05, 0) is 37.1 Å². The number of hydrogen-bond donors (Lipinski definition) is 0. The van der Waals surface area contributed by atoms with E-state index in [-0.39, 0.29) is 0 Å². The molecule has 0 bridgehead atoms. The lowest BCUT2D eigenvalue weighted by Crippen LogP contribution is -2.40. The number of halogens is 1. The topological polar surface area (TPSA) is 34.0 Å². The SMILES string of the molecule is Clc1ccc(-c2nnc3n2CN(C2CCCCC2)CS3)cc1. The van der Waals surface area contributed by atoms with Crippen molar-refractivity contribution >= 4 is 23.4 Å². The van der Waals surface area contributed by atoms with Crippen LogP contribution in [0.5, 0.6) is 0 Å². The molecule has 2 aliphatic rings. The summed E-state index contributed by atoms with van der Waals surface area (Å²) in [6, 6.07) is 8.57. The Morgan fingerprint density at radius 2 is 1.82 bits per heavy atom. The lowest BCUT2D eigenvalue weighted by atomic mass is 9.95. The quantitative estimate of drug-likeness (QED) is 0.822. The summed E-state index contributed by atoms with van der Waals surface area (Å²) in [6.07, 6.45) is 6.78. The molecule has 0 saturated heterocycles. The van der Waals surface area contributed by atoms with E-state index in [1.807, 2.05) is 24.3 Å². The van der Waals surface area contributed by atoms with Gasteiger partial charge in [0, 0.05) is 16.6 Å². The van der Waals surface area contributed by atoms with E-state index in [0.29, 0.717) is 0 Å². The summed E-state index contributed by atoms with van der Waals surface area (Å²) in [6.45, 7) is 0.901. The molecule has 2 aromatic rings. The van der Waals surface area contributed by atoms with Crippen molar-refractivity contribution in [2.24, 2.45) is 0 Å². The summed E-state index contributed by atoms with van der Waals surface area (Å²) >= 11 is 7.78. The van der Waals surface area contributed by atoms with Crippen molar-refractivity contribution in [1.82, 2.24) is 19.7 Å². The number of nitrogens with zero attached hydrogens (tertiary/aromatic N) is 4. The van der Waals surface area contributed by atoms with E-state index in [4.69, 9.17) is 11.6 Å². The third-order valence-corrected chi connectivity index (χ3v) is 5.87. The van der Waals surface area contributed by atoms with Crippen molar-refractivity contribution in [3.05, 3.63) is 29.3 Å². The lowest BCUT2D eigenvalue weighted by molar-refractivity contribution is 0.135. The van der Waals surface area contributed by atoms with Crippen molar-refractivity contribution in [1.29, 1.82) is 0 Å².